The van der Waals surface area contributed by atoms with E-state index in [1.54, 1.807) is 0 Å². The fourth-order valence-corrected chi connectivity index (χ4v) is 11.6. The van der Waals surface area contributed by atoms with Gasteiger partial charge in [0.25, 0.3) is 0 Å². The van der Waals surface area contributed by atoms with Crippen LogP contribution in [0.1, 0.15) is 145 Å². The first-order chi connectivity index (χ1) is 19.4. The average molecular weight is 585 g/mol. The summed E-state index contributed by atoms with van der Waals surface area (Å²) in [5.41, 5.74) is 2.45. The van der Waals surface area contributed by atoms with Crippen molar-refractivity contribution in [3.8, 4) is 0 Å². The van der Waals surface area contributed by atoms with E-state index in [2.05, 4.69) is 48.5 Å². The molecule has 2 unspecified atom stereocenters. The quantitative estimate of drug-likeness (QED) is 0.177. The number of ether oxygens (including phenoxy) is 1. The first-order valence-corrected chi connectivity index (χ1v) is 16.8. The van der Waals surface area contributed by atoms with E-state index < -0.39 is 17.4 Å². The third-order valence-electron chi connectivity index (χ3n) is 14.2. The summed E-state index contributed by atoms with van der Waals surface area (Å²) in [6, 6.07) is 0. The van der Waals surface area contributed by atoms with Gasteiger partial charge in [0.05, 0.1) is 5.41 Å². The van der Waals surface area contributed by atoms with Crippen molar-refractivity contribution in [2.45, 2.75) is 151 Å². The zero-order valence-electron chi connectivity index (χ0n) is 27.4. The summed E-state index contributed by atoms with van der Waals surface area (Å²) >= 11 is 0. The summed E-state index contributed by atoms with van der Waals surface area (Å²) in [6.45, 7) is 16.8. The van der Waals surface area contributed by atoms with Crippen molar-refractivity contribution in [1.82, 2.24) is 0 Å². The predicted octanol–water partition coefficient (Wildman–Crippen LogP) is 8.57. The summed E-state index contributed by atoms with van der Waals surface area (Å²) in [5, 5.41) is 19.5. The van der Waals surface area contributed by atoms with Gasteiger partial charge in [0.2, 0.25) is 0 Å². The van der Waals surface area contributed by atoms with Crippen LogP contribution in [0, 0.1) is 44.3 Å². The molecule has 0 bridgehead atoms. The standard InChI is InChI=1S/C36H56O6/c1-31(2)18-20-36(30(40)41)21-19-34(6)23(24(36)22-31)12-13-26-33(5)16-15-27(42-29(39)11-9-8-10-28(37)38)32(3,4)25(33)14-17-35(26,34)7/h25-27H,8-22H2,1-7H3,(H,37,38)(H,40,41)/t25?,26?,27-,33-,34+,35+,36-/m0/s1. The number of aliphatic carboxylic acids is 2. The molecule has 5 aliphatic carbocycles. The van der Waals surface area contributed by atoms with E-state index >= 15 is 0 Å². The van der Waals surface area contributed by atoms with E-state index in [0.717, 1.165) is 70.6 Å². The van der Waals surface area contributed by atoms with Crippen LogP contribution >= 0.6 is 0 Å². The Kier molecular flexibility index (Phi) is 7.79. The fourth-order valence-electron chi connectivity index (χ4n) is 11.6. The van der Waals surface area contributed by atoms with Gasteiger partial charge in [-0.05, 0) is 117 Å². The fraction of sp³-hybridized carbons (Fsp3) is 0.861. The van der Waals surface area contributed by atoms with Crippen molar-refractivity contribution in [2.24, 2.45) is 44.3 Å². The van der Waals surface area contributed by atoms with Gasteiger partial charge in [0, 0.05) is 18.3 Å². The van der Waals surface area contributed by atoms with Crippen molar-refractivity contribution in [3.63, 3.8) is 0 Å². The van der Waals surface area contributed by atoms with Crippen LogP contribution in [-0.2, 0) is 19.1 Å². The maximum atomic E-state index is 12.9. The smallest absolute Gasteiger partial charge is 0.313 e. The van der Waals surface area contributed by atoms with Crippen molar-refractivity contribution in [1.29, 1.82) is 0 Å². The number of allylic oxidation sites excluding steroid dienone is 1. The highest BCUT2D eigenvalue weighted by molar-refractivity contribution is 5.80. The van der Waals surface area contributed by atoms with Crippen LogP contribution in [0.5, 0.6) is 0 Å². The molecular weight excluding hydrogens is 528 g/mol. The Labute approximate surface area is 253 Å². The minimum Gasteiger partial charge on any atom is -0.481 e. The lowest BCUT2D eigenvalue weighted by atomic mass is 9.34. The number of rotatable bonds is 7. The van der Waals surface area contributed by atoms with Gasteiger partial charge in [-0.1, -0.05) is 59.6 Å². The Morgan fingerprint density at radius 3 is 2.10 bits per heavy atom. The van der Waals surface area contributed by atoms with E-state index in [9.17, 15) is 19.5 Å². The van der Waals surface area contributed by atoms with Crippen LogP contribution < -0.4 is 0 Å². The van der Waals surface area contributed by atoms with Gasteiger partial charge in [-0.25, -0.2) is 0 Å². The van der Waals surface area contributed by atoms with Crippen LogP contribution in [0.4, 0.5) is 0 Å². The zero-order valence-corrected chi connectivity index (χ0v) is 27.4. The van der Waals surface area contributed by atoms with Gasteiger partial charge in [0.15, 0.2) is 0 Å². The maximum absolute atomic E-state index is 12.9. The SMILES string of the molecule is CC1(C)CC[C@]2(C(=O)O)CC[C@]3(C)C(=C2C1)CCC1[C@@]2(C)CC[C@H](OC(=O)CCCCC(=O)O)C(C)(C)C2CC[C@]13C. The van der Waals surface area contributed by atoms with Crippen LogP contribution in [0.2, 0.25) is 0 Å². The van der Waals surface area contributed by atoms with Gasteiger partial charge in [-0.15, -0.1) is 0 Å². The second-order valence-corrected chi connectivity index (χ2v) is 17.1. The molecule has 6 heteroatoms. The van der Waals surface area contributed by atoms with E-state index in [1.165, 1.54) is 11.1 Å². The number of hydrogen-bond donors (Lipinski definition) is 2. The molecule has 236 valence electrons. The largest absolute Gasteiger partial charge is 0.481 e. The molecule has 0 aromatic carbocycles. The van der Waals surface area contributed by atoms with Crippen molar-refractivity contribution in [2.75, 3.05) is 0 Å². The Morgan fingerprint density at radius 2 is 1.43 bits per heavy atom. The molecule has 5 aliphatic rings. The molecule has 0 saturated heterocycles. The molecule has 7 atom stereocenters. The monoisotopic (exact) mass is 584 g/mol. The molecule has 4 fully saturated rings. The number of hydrogen-bond acceptors (Lipinski definition) is 4. The van der Waals surface area contributed by atoms with Crippen molar-refractivity contribution in [3.05, 3.63) is 11.1 Å². The second kappa shape index (κ2) is 10.4. The molecule has 6 nitrogen and oxygen atoms in total. The molecule has 0 spiro atoms. The average Bonchev–Trinajstić information content (AvgIpc) is 2.88. The van der Waals surface area contributed by atoms with Gasteiger partial charge in [-0.2, -0.15) is 0 Å². The lowest BCUT2D eigenvalue weighted by Gasteiger charge is -2.71. The number of fused-ring (bicyclic) bond motifs is 6. The highest BCUT2D eigenvalue weighted by atomic mass is 16.5. The molecular formula is C36H56O6. The Morgan fingerprint density at radius 1 is 0.762 bits per heavy atom. The predicted molar refractivity (Wildman–Crippen MR) is 163 cm³/mol. The maximum Gasteiger partial charge on any atom is 0.313 e. The Bertz CT molecular complexity index is 1170. The minimum absolute atomic E-state index is 0.0228. The second-order valence-electron chi connectivity index (χ2n) is 17.1. The van der Waals surface area contributed by atoms with Crippen LogP contribution in [0.15, 0.2) is 11.1 Å². The van der Waals surface area contributed by atoms with E-state index in [-0.39, 0.29) is 52.0 Å². The van der Waals surface area contributed by atoms with Crippen molar-refractivity contribution >= 4 is 17.9 Å². The molecule has 0 heterocycles. The minimum atomic E-state index is -0.822. The molecule has 2 N–H and O–H groups in total. The third kappa shape index (κ3) is 4.67. The number of carboxylic acid groups (broad SMARTS) is 2. The Hall–Kier alpha value is -1.85. The third-order valence-corrected chi connectivity index (χ3v) is 14.2. The first-order valence-electron chi connectivity index (χ1n) is 16.8. The summed E-state index contributed by atoms with van der Waals surface area (Å²) in [4.78, 5) is 36.5. The molecule has 0 aliphatic heterocycles. The van der Waals surface area contributed by atoms with E-state index in [4.69, 9.17) is 9.84 Å². The van der Waals surface area contributed by atoms with Crippen LogP contribution in [0.25, 0.3) is 0 Å². The number of carboxylic acids is 2. The van der Waals surface area contributed by atoms with E-state index in [0.29, 0.717) is 24.7 Å². The van der Waals surface area contributed by atoms with Gasteiger partial charge in [0.1, 0.15) is 6.10 Å². The topological polar surface area (TPSA) is 101 Å². The summed E-state index contributed by atoms with van der Waals surface area (Å²) in [5.74, 6) is -0.600. The molecule has 0 aromatic rings. The van der Waals surface area contributed by atoms with E-state index in [1.807, 2.05) is 0 Å². The number of esters is 1. The Balaban J connectivity index is 1.40. The van der Waals surface area contributed by atoms with Crippen LogP contribution in [0.3, 0.4) is 0 Å². The molecule has 0 aromatic heterocycles. The summed E-state index contributed by atoms with van der Waals surface area (Å²) < 4.78 is 6.14. The molecule has 0 amide bonds. The van der Waals surface area contributed by atoms with Gasteiger partial charge < -0.3 is 14.9 Å². The summed E-state index contributed by atoms with van der Waals surface area (Å²) in [6.07, 6.45) is 12.0. The zero-order chi connectivity index (χ0) is 30.9. The number of carbonyl (C=O) groups excluding carboxylic acids is 1. The number of unbranched alkanes of at least 4 members (excludes halogenated alkanes) is 1. The lowest BCUT2D eigenvalue weighted by Crippen LogP contribution is -2.64. The number of carbonyl (C=O) groups is 3. The molecule has 4 saturated carbocycles. The highest BCUT2D eigenvalue weighted by Crippen LogP contribution is 2.75. The highest BCUT2D eigenvalue weighted by Gasteiger charge is 2.68. The normalized spacial score (nSPS) is 41.9. The first kappa shape index (κ1) is 31.6. The van der Waals surface area contributed by atoms with Crippen molar-refractivity contribution < 1.29 is 29.3 Å². The molecule has 5 rings (SSSR count). The van der Waals surface area contributed by atoms with Gasteiger partial charge >= 0.3 is 17.9 Å². The van der Waals surface area contributed by atoms with Gasteiger partial charge in [-0.3, -0.25) is 14.4 Å². The lowest BCUT2D eigenvalue weighted by molar-refractivity contribution is -0.214. The molecule has 42 heavy (non-hydrogen) atoms. The summed E-state index contributed by atoms with van der Waals surface area (Å²) in [7, 11) is 0. The van der Waals surface area contributed by atoms with Crippen LogP contribution in [-0.4, -0.2) is 34.2 Å². The molecule has 0 radical (unpaired) electrons.